The Morgan fingerprint density at radius 3 is 2.92 bits per heavy atom. The summed E-state index contributed by atoms with van der Waals surface area (Å²) in [5.41, 5.74) is 6.96. The first kappa shape index (κ1) is 19.8. The van der Waals surface area contributed by atoms with Crippen LogP contribution >= 0.6 is 12.4 Å². The van der Waals surface area contributed by atoms with E-state index in [4.69, 9.17) is 0 Å². The fourth-order valence-corrected chi connectivity index (χ4v) is 3.32. The van der Waals surface area contributed by atoms with Crippen LogP contribution in [0.2, 0.25) is 0 Å². The molecule has 0 spiro atoms. The minimum atomic E-state index is -2.87. The van der Waals surface area contributed by atoms with Gasteiger partial charge in [0.05, 0.1) is 6.04 Å². The van der Waals surface area contributed by atoms with Gasteiger partial charge in [-0.2, -0.15) is 8.78 Å². The van der Waals surface area contributed by atoms with Crippen molar-refractivity contribution < 1.29 is 18.3 Å². The van der Waals surface area contributed by atoms with Gasteiger partial charge in [0, 0.05) is 18.5 Å². The number of piperidine rings is 1. The van der Waals surface area contributed by atoms with Crippen molar-refractivity contribution in [1.29, 1.82) is 0 Å². The SMILES string of the molecule is CC(NC(=O)C1NNC2CCNCC21)c1cccc(OC(F)F)c1.Cl. The molecule has 4 unspecified atom stereocenters. The third kappa shape index (κ3) is 4.78. The first-order valence-corrected chi connectivity index (χ1v) is 8.11. The Balaban J connectivity index is 0.00000225. The number of alkyl halides is 2. The second-order valence-electron chi connectivity index (χ2n) is 6.21. The first-order chi connectivity index (χ1) is 11.5. The second kappa shape index (κ2) is 8.75. The maximum atomic E-state index is 12.6. The van der Waals surface area contributed by atoms with E-state index < -0.39 is 6.61 Å². The van der Waals surface area contributed by atoms with Crippen molar-refractivity contribution >= 4 is 18.3 Å². The lowest BCUT2D eigenvalue weighted by molar-refractivity contribution is -0.124. The molecular weight excluding hydrogens is 354 g/mol. The van der Waals surface area contributed by atoms with Gasteiger partial charge in [0.2, 0.25) is 5.91 Å². The lowest BCUT2D eigenvalue weighted by atomic mass is 9.89. The number of ether oxygens (including phenoxy) is 1. The van der Waals surface area contributed by atoms with Gasteiger partial charge in [0.25, 0.3) is 0 Å². The molecule has 6 nitrogen and oxygen atoms in total. The summed E-state index contributed by atoms with van der Waals surface area (Å²) in [6, 6.07) is 6.05. The molecule has 2 fully saturated rings. The highest BCUT2D eigenvalue weighted by molar-refractivity contribution is 5.85. The molecule has 140 valence electrons. The summed E-state index contributed by atoms with van der Waals surface area (Å²) in [5.74, 6) is 0.173. The quantitative estimate of drug-likeness (QED) is 0.624. The van der Waals surface area contributed by atoms with Crippen molar-refractivity contribution in [3.63, 3.8) is 0 Å². The number of carbonyl (C=O) groups excluding carboxylic acids is 1. The van der Waals surface area contributed by atoms with Gasteiger partial charge < -0.3 is 15.4 Å². The Kier molecular flexibility index (Phi) is 6.95. The molecule has 0 aliphatic carbocycles. The van der Waals surface area contributed by atoms with Crippen LogP contribution in [0.25, 0.3) is 0 Å². The Morgan fingerprint density at radius 2 is 2.16 bits per heavy atom. The molecule has 0 bridgehead atoms. The van der Waals surface area contributed by atoms with Gasteiger partial charge in [0.1, 0.15) is 11.8 Å². The zero-order chi connectivity index (χ0) is 17.1. The molecule has 2 aliphatic rings. The average Bonchev–Trinajstić information content (AvgIpc) is 2.98. The molecule has 1 aromatic rings. The van der Waals surface area contributed by atoms with E-state index in [1.807, 2.05) is 6.92 Å². The van der Waals surface area contributed by atoms with Crippen LogP contribution in [0.5, 0.6) is 5.75 Å². The van der Waals surface area contributed by atoms with Crippen LogP contribution in [0, 0.1) is 5.92 Å². The number of fused-ring (bicyclic) bond motifs is 1. The van der Waals surface area contributed by atoms with Crippen LogP contribution in [-0.2, 0) is 4.79 Å². The lowest BCUT2D eigenvalue weighted by Crippen LogP contribution is -2.49. The number of halogens is 3. The number of hydrogen-bond donors (Lipinski definition) is 4. The number of rotatable bonds is 5. The van der Waals surface area contributed by atoms with Gasteiger partial charge in [-0.25, -0.2) is 5.43 Å². The fourth-order valence-electron chi connectivity index (χ4n) is 3.32. The van der Waals surface area contributed by atoms with Crippen molar-refractivity contribution in [1.82, 2.24) is 21.5 Å². The highest BCUT2D eigenvalue weighted by atomic mass is 35.5. The maximum absolute atomic E-state index is 12.6. The maximum Gasteiger partial charge on any atom is 0.387 e. The van der Waals surface area contributed by atoms with Crippen molar-refractivity contribution in [3.8, 4) is 5.75 Å². The minimum absolute atomic E-state index is 0. The van der Waals surface area contributed by atoms with Crippen LogP contribution in [0.3, 0.4) is 0 Å². The molecule has 3 rings (SSSR count). The van der Waals surface area contributed by atoms with Gasteiger partial charge in [-0.3, -0.25) is 10.2 Å². The molecule has 0 aromatic heterocycles. The molecule has 2 aliphatic heterocycles. The molecule has 4 atom stereocenters. The van der Waals surface area contributed by atoms with E-state index in [1.165, 1.54) is 12.1 Å². The topological polar surface area (TPSA) is 74.4 Å². The molecule has 2 saturated heterocycles. The summed E-state index contributed by atoms with van der Waals surface area (Å²) in [6.07, 6.45) is 0.976. The molecule has 0 radical (unpaired) electrons. The van der Waals surface area contributed by atoms with Crippen LogP contribution in [0.15, 0.2) is 24.3 Å². The number of benzene rings is 1. The molecule has 1 amide bonds. The van der Waals surface area contributed by atoms with Crippen molar-refractivity contribution in [2.24, 2.45) is 5.92 Å². The second-order valence-corrected chi connectivity index (χ2v) is 6.21. The number of amides is 1. The van der Waals surface area contributed by atoms with E-state index in [9.17, 15) is 13.6 Å². The van der Waals surface area contributed by atoms with E-state index in [0.29, 0.717) is 11.6 Å². The van der Waals surface area contributed by atoms with Gasteiger partial charge in [-0.05, 0) is 37.6 Å². The van der Waals surface area contributed by atoms with Gasteiger partial charge >= 0.3 is 6.61 Å². The summed E-state index contributed by atoms with van der Waals surface area (Å²) < 4.78 is 29.0. The minimum Gasteiger partial charge on any atom is -0.435 e. The number of carbonyl (C=O) groups is 1. The molecule has 0 saturated carbocycles. The number of hydrazine groups is 1. The molecule has 4 N–H and O–H groups in total. The van der Waals surface area contributed by atoms with E-state index in [2.05, 4.69) is 26.2 Å². The average molecular weight is 377 g/mol. The predicted molar refractivity (Wildman–Crippen MR) is 91.7 cm³/mol. The van der Waals surface area contributed by atoms with E-state index in [-0.39, 0.29) is 42.1 Å². The summed E-state index contributed by atoms with van der Waals surface area (Å²) in [7, 11) is 0. The van der Waals surface area contributed by atoms with Crippen molar-refractivity contribution in [2.45, 2.75) is 38.1 Å². The molecule has 1 aromatic carbocycles. The van der Waals surface area contributed by atoms with Crippen LogP contribution in [0.4, 0.5) is 8.78 Å². The molecule has 25 heavy (non-hydrogen) atoms. The zero-order valence-corrected chi connectivity index (χ0v) is 14.6. The van der Waals surface area contributed by atoms with Gasteiger partial charge in [-0.1, -0.05) is 12.1 Å². The van der Waals surface area contributed by atoms with E-state index in [0.717, 1.165) is 19.5 Å². The van der Waals surface area contributed by atoms with Crippen LogP contribution in [0.1, 0.15) is 24.9 Å². The summed E-state index contributed by atoms with van der Waals surface area (Å²) in [5, 5.41) is 6.24. The third-order valence-corrected chi connectivity index (χ3v) is 4.61. The smallest absolute Gasteiger partial charge is 0.387 e. The van der Waals surface area contributed by atoms with Crippen molar-refractivity contribution in [2.75, 3.05) is 13.1 Å². The summed E-state index contributed by atoms with van der Waals surface area (Å²) in [4.78, 5) is 12.6. The molecule has 9 heteroatoms. The molecule has 2 heterocycles. The number of nitrogens with one attached hydrogen (secondary N) is 4. The highest BCUT2D eigenvalue weighted by Gasteiger charge is 2.41. The highest BCUT2D eigenvalue weighted by Crippen LogP contribution is 2.23. The third-order valence-electron chi connectivity index (χ3n) is 4.61. The normalized spacial score (nSPS) is 26.5. The molecular formula is C16H23ClF2N4O2. The predicted octanol–water partition coefficient (Wildman–Crippen LogP) is 1.34. The Morgan fingerprint density at radius 1 is 1.36 bits per heavy atom. The standard InChI is InChI=1S/C16H22F2N4O2.ClH/c1-9(10-3-2-4-11(7-10)24-16(17)18)20-15(23)14-12-8-19-6-5-13(12)21-22-14;/h2-4,7,9,12-14,16,19,21-22H,5-6,8H2,1H3,(H,20,23);1H. The van der Waals surface area contributed by atoms with Gasteiger partial charge in [0.15, 0.2) is 0 Å². The Bertz CT molecular complexity index is 593. The first-order valence-electron chi connectivity index (χ1n) is 8.11. The Labute approximate surface area is 151 Å². The van der Waals surface area contributed by atoms with Crippen LogP contribution < -0.4 is 26.2 Å². The largest absolute Gasteiger partial charge is 0.435 e. The Hall–Kier alpha value is -1.48. The van der Waals surface area contributed by atoms with Crippen molar-refractivity contribution in [3.05, 3.63) is 29.8 Å². The fraction of sp³-hybridized carbons (Fsp3) is 0.562. The summed E-state index contributed by atoms with van der Waals surface area (Å²) in [6.45, 7) is 0.680. The van der Waals surface area contributed by atoms with E-state index in [1.54, 1.807) is 12.1 Å². The van der Waals surface area contributed by atoms with Gasteiger partial charge in [-0.15, -0.1) is 12.4 Å². The van der Waals surface area contributed by atoms with E-state index >= 15 is 0 Å². The zero-order valence-electron chi connectivity index (χ0n) is 13.8. The lowest BCUT2D eigenvalue weighted by Gasteiger charge is -2.28. The monoisotopic (exact) mass is 376 g/mol. The number of hydrogen-bond acceptors (Lipinski definition) is 5. The summed E-state index contributed by atoms with van der Waals surface area (Å²) >= 11 is 0. The van der Waals surface area contributed by atoms with Crippen LogP contribution in [-0.4, -0.2) is 37.7 Å².